The Hall–Kier alpha value is -1.20. The largest absolute Gasteiger partial charge is 0.460 e. The number of alkyl halides is 2. The van der Waals surface area contributed by atoms with E-state index < -0.39 is 29.8 Å². The summed E-state index contributed by atoms with van der Waals surface area (Å²) in [7, 11) is 0. The van der Waals surface area contributed by atoms with Crippen molar-refractivity contribution < 1.29 is 23.1 Å². The van der Waals surface area contributed by atoms with E-state index in [1.165, 1.54) is 6.92 Å². The number of carbonyl (C=O) groups excluding carboxylic acids is 2. The van der Waals surface area contributed by atoms with Crippen LogP contribution in [0.4, 0.5) is 8.78 Å². The predicted molar refractivity (Wildman–Crippen MR) is 58.7 cm³/mol. The second-order valence-electron chi connectivity index (χ2n) is 4.65. The molecule has 4 nitrogen and oxygen atoms in total. The molecule has 0 bridgehead atoms. The molecule has 0 saturated carbocycles. The second kappa shape index (κ2) is 5.93. The molecule has 0 aromatic rings. The molecule has 100 valence electrons. The fourth-order valence-corrected chi connectivity index (χ4v) is 0.961. The lowest BCUT2D eigenvalue weighted by Crippen LogP contribution is -2.40. The minimum Gasteiger partial charge on any atom is -0.460 e. The SMILES string of the molecule is CCC(F)(F)C(=O)NCCC(=O)OC(C)(C)C. The van der Waals surface area contributed by atoms with Crippen molar-refractivity contribution in [2.45, 2.75) is 52.1 Å². The van der Waals surface area contributed by atoms with Crippen molar-refractivity contribution in [2.24, 2.45) is 0 Å². The highest BCUT2D eigenvalue weighted by Gasteiger charge is 2.35. The van der Waals surface area contributed by atoms with Gasteiger partial charge in [-0.15, -0.1) is 0 Å². The standard InChI is InChI=1S/C11H19F2NO3/c1-5-11(12,13)9(16)14-7-6-8(15)17-10(2,3)4/h5-7H2,1-4H3,(H,14,16). The first-order valence-electron chi connectivity index (χ1n) is 5.46. The highest BCUT2D eigenvalue weighted by molar-refractivity contribution is 5.83. The topological polar surface area (TPSA) is 55.4 Å². The van der Waals surface area contributed by atoms with Gasteiger partial charge in [-0.2, -0.15) is 8.78 Å². The molecule has 0 aliphatic heterocycles. The Morgan fingerprint density at radius 2 is 1.76 bits per heavy atom. The zero-order valence-corrected chi connectivity index (χ0v) is 10.6. The van der Waals surface area contributed by atoms with E-state index in [0.29, 0.717) is 0 Å². The van der Waals surface area contributed by atoms with Gasteiger partial charge in [0.2, 0.25) is 0 Å². The van der Waals surface area contributed by atoms with Crippen LogP contribution in [0.15, 0.2) is 0 Å². The van der Waals surface area contributed by atoms with Gasteiger partial charge in [0, 0.05) is 13.0 Å². The van der Waals surface area contributed by atoms with Gasteiger partial charge in [0.25, 0.3) is 5.91 Å². The van der Waals surface area contributed by atoms with Crippen molar-refractivity contribution in [3.63, 3.8) is 0 Å². The fourth-order valence-electron chi connectivity index (χ4n) is 0.961. The Morgan fingerprint density at radius 1 is 1.24 bits per heavy atom. The summed E-state index contributed by atoms with van der Waals surface area (Å²) in [5.74, 6) is -5.27. The number of nitrogens with one attached hydrogen (secondary N) is 1. The highest BCUT2D eigenvalue weighted by Crippen LogP contribution is 2.17. The summed E-state index contributed by atoms with van der Waals surface area (Å²) in [5, 5.41) is 2.00. The molecule has 0 fully saturated rings. The first-order chi connectivity index (χ1) is 7.58. The number of ether oxygens (including phenoxy) is 1. The van der Waals surface area contributed by atoms with Gasteiger partial charge in [0.05, 0.1) is 6.42 Å². The summed E-state index contributed by atoms with van der Waals surface area (Å²) in [4.78, 5) is 22.1. The molecule has 0 radical (unpaired) electrons. The molecular formula is C11H19F2NO3. The molecule has 17 heavy (non-hydrogen) atoms. The van der Waals surface area contributed by atoms with Gasteiger partial charge in [0.1, 0.15) is 5.60 Å². The number of esters is 1. The zero-order valence-electron chi connectivity index (χ0n) is 10.6. The van der Waals surface area contributed by atoms with Crippen LogP contribution in [-0.4, -0.2) is 29.9 Å². The molecular weight excluding hydrogens is 232 g/mol. The van der Waals surface area contributed by atoms with Crippen molar-refractivity contribution >= 4 is 11.9 Å². The summed E-state index contributed by atoms with van der Waals surface area (Å²) in [5.41, 5.74) is -0.617. The highest BCUT2D eigenvalue weighted by atomic mass is 19.3. The van der Waals surface area contributed by atoms with Crippen molar-refractivity contribution in [2.75, 3.05) is 6.54 Å². The predicted octanol–water partition coefficient (Wildman–Crippen LogP) is 1.88. The van der Waals surface area contributed by atoms with Gasteiger partial charge >= 0.3 is 11.9 Å². The average Bonchev–Trinajstić information content (AvgIpc) is 2.14. The van der Waals surface area contributed by atoms with E-state index in [4.69, 9.17) is 4.74 Å². The molecule has 0 aromatic heterocycles. The smallest absolute Gasteiger partial charge is 0.324 e. The van der Waals surface area contributed by atoms with E-state index in [0.717, 1.165) is 0 Å². The number of carbonyl (C=O) groups is 2. The van der Waals surface area contributed by atoms with Crippen LogP contribution in [0.3, 0.4) is 0 Å². The monoisotopic (exact) mass is 251 g/mol. The van der Waals surface area contributed by atoms with Crippen LogP contribution in [0.2, 0.25) is 0 Å². The van der Waals surface area contributed by atoms with E-state index in [9.17, 15) is 18.4 Å². The molecule has 0 saturated heterocycles. The van der Waals surface area contributed by atoms with E-state index in [-0.39, 0.29) is 13.0 Å². The average molecular weight is 251 g/mol. The molecule has 1 N–H and O–H groups in total. The number of amides is 1. The summed E-state index contributed by atoms with van der Waals surface area (Å²) in [6.45, 7) is 6.18. The number of hydrogen-bond donors (Lipinski definition) is 1. The molecule has 0 spiro atoms. The van der Waals surface area contributed by atoms with Crippen molar-refractivity contribution in [1.29, 1.82) is 0 Å². The number of hydrogen-bond acceptors (Lipinski definition) is 3. The van der Waals surface area contributed by atoms with Gasteiger partial charge in [-0.3, -0.25) is 9.59 Å². The van der Waals surface area contributed by atoms with E-state index >= 15 is 0 Å². The number of rotatable bonds is 5. The van der Waals surface area contributed by atoms with Crippen LogP contribution in [-0.2, 0) is 14.3 Å². The molecule has 6 heteroatoms. The van der Waals surface area contributed by atoms with Crippen molar-refractivity contribution in [3.8, 4) is 0 Å². The van der Waals surface area contributed by atoms with Crippen LogP contribution in [0.1, 0.15) is 40.5 Å². The minimum absolute atomic E-state index is 0.122. The summed E-state index contributed by atoms with van der Waals surface area (Å²) in [6.07, 6.45) is -0.686. The first-order valence-corrected chi connectivity index (χ1v) is 5.46. The molecule has 0 aliphatic carbocycles. The quantitative estimate of drug-likeness (QED) is 0.759. The molecule has 0 unspecified atom stereocenters. The Labute approximate surface area is 99.7 Å². The molecule has 0 heterocycles. The molecule has 0 aliphatic rings. The summed E-state index contributed by atoms with van der Waals surface area (Å²) in [6, 6.07) is 0. The summed E-state index contributed by atoms with van der Waals surface area (Å²) < 4.78 is 30.6. The minimum atomic E-state index is -3.38. The van der Waals surface area contributed by atoms with Gasteiger partial charge in [-0.05, 0) is 20.8 Å². The Balaban J connectivity index is 3.93. The summed E-state index contributed by atoms with van der Waals surface area (Å²) >= 11 is 0. The lowest BCUT2D eigenvalue weighted by atomic mass is 10.2. The third kappa shape index (κ3) is 6.86. The van der Waals surface area contributed by atoms with E-state index in [1.54, 1.807) is 20.8 Å². The molecule has 0 atom stereocenters. The maximum Gasteiger partial charge on any atom is 0.324 e. The van der Waals surface area contributed by atoms with Crippen LogP contribution in [0, 0.1) is 0 Å². The lowest BCUT2D eigenvalue weighted by Gasteiger charge is -2.19. The molecule has 0 aromatic carbocycles. The fraction of sp³-hybridized carbons (Fsp3) is 0.818. The lowest BCUT2D eigenvalue weighted by molar-refractivity contribution is -0.155. The normalized spacial score (nSPS) is 12.1. The van der Waals surface area contributed by atoms with Crippen LogP contribution in [0.25, 0.3) is 0 Å². The second-order valence-corrected chi connectivity index (χ2v) is 4.65. The third-order valence-electron chi connectivity index (χ3n) is 1.81. The van der Waals surface area contributed by atoms with Crippen LogP contribution >= 0.6 is 0 Å². The van der Waals surface area contributed by atoms with E-state index in [1.807, 2.05) is 5.32 Å². The Morgan fingerprint density at radius 3 is 2.18 bits per heavy atom. The molecule has 1 amide bonds. The zero-order chi connectivity index (χ0) is 13.7. The maximum absolute atomic E-state index is 12.8. The van der Waals surface area contributed by atoms with Crippen LogP contribution < -0.4 is 5.32 Å². The Bertz CT molecular complexity index is 285. The van der Waals surface area contributed by atoms with Gasteiger partial charge in [-0.25, -0.2) is 0 Å². The van der Waals surface area contributed by atoms with Gasteiger partial charge in [-0.1, -0.05) is 6.92 Å². The third-order valence-corrected chi connectivity index (χ3v) is 1.81. The van der Waals surface area contributed by atoms with Crippen LogP contribution in [0.5, 0.6) is 0 Å². The maximum atomic E-state index is 12.8. The van der Waals surface area contributed by atoms with Crippen molar-refractivity contribution in [3.05, 3.63) is 0 Å². The number of halogens is 2. The van der Waals surface area contributed by atoms with Gasteiger partial charge in [0.15, 0.2) is 0 Å². The van der Waals surface area contributed by atoms with Gasteiger partial charge < -0.3 is 10.1 Å². The first kappa shape index (κ1) is 15.8. The van der Waals surface area contributed by atoms with Crippen molar-refractivity contribution in [1.82, 2.24) is 5.32 Å². The van der Waals surface area contributed by atoms with E-state index in [2.05, 4.69) is 0 Å². The Kier molecular flexibility index (Phi) is 5.51. The molecule has 0 rings (SSSR count).